The zero-order chi connectivity index (χ0) is 12.2. The summed E-state index contributed by atoms with van der Waals surface area (Å²) >= 11 is 0. The van der Waals surface area contributed by atoms with Gasteiger partial charge in [-0.15, -0.1) is 0 Å². The zero-order valence-electron chi connectivity index (χ0n) is 11.1. The van der Waals surface area contributed by atoms with E-state index in [2.05, 4.69) is 31.4 Å². The molecular weight excluding hydrogens is 200 g/mol. The minimum Gasteiger partial charge on any atom is -0.356 e. The lowest BCUT2D eigenvalue weighted by atomic mass is 9.91. The molecule has 3 heteroatoms. The molecule has 0 heterocycles. The quantitative estimate of drug-likeness (QED) is 0.703. The normalized spacial score (nSPS) is 28.0. The zero-order valence-corrected chi connectivity index (χ0v) is 11.1. The highest BCUT2D eigenvalue weighted by Crippen LogP contribution is 2.40. The third kappa shape index (κ3) is 4.52. The lowest BCUT2D eigenvalue weighted by Crippen LogP contribution is -2.34. The number of nitrogens with one attached hydrogen (secondary N) is 2. The molecule has 94 valence electrons. The summed E-state index contributed by atoms with van der Waals surface area (Å²) in [7, 11) is 0. The molecule has 16 heavy (non-hydrogen) atoms. The summed E-state index contributed by atoms with van der Waals surface area (Å²) in [4.78, 5) is 10.7. The molecule has 0 saturated heterocycles. The van der Waals surface area contributed by atoms with E-state index < -0.39 is 0 Å². The van der Waals surface area contributed by atoms with Crippen LogP contribution in [0.5, 0.6) is 0 Å². The van der Waals surface area contributed by atoms with Crippen molar-refractivity contribution in [2.45, 2.75) is 53.0 Å². The molecule has 3 nitrogen and oxygen atoms in total. The van der Waals surface area contributed by atoms with Gasteiger partial charge in [-0.1, -0.05) is 20.8 Å². The molecule has 0 unspecified atom stereocenters. The van der Waals surface area contributed by atoms with Gasteiger partial charge in [-0.25, -0.2) is 0 Å². The molecule has 1 rings (SSSR count). The molecule has 0 aromatic rings. The number of carbonyl (C=O) groups is 1. The Morgan fingerprint density at radius 3 is 2.50 bits per heavy atom. The minimum atomic E-state index is 0.0652. The molecule has 0 radical (unpaired) electrons. The standard InChI is InChI=1S/C13H26N2O/c1-10-8-13(3,4)9-12(10)15-7-5-6-14-11(2)16/h10,12,15H,5-9H2,1-4H3,(H,14,16)/t10-,12+/m1/s1. The number of hydrogen-bond donors (Lipinski definition) is 2. The monoisotopic (exact) mass is 226 g/mol. The second kappa shape index (κ2) is 5.67. The average molecular weight is 226 g/mol. The molecule has 0 aromatic heterocycles. The van der Waals surface area contributed by atoms with Crippen LogP contribution in [0, 0.1) is 11.3 Å². The summed E-state index contributed by atoms with van der Waals surface area (Å²) in [5, 5.41) is 6.43. The van der Waals surface area contributed by atoms with Crippen LogP contribution in [0.25, 0.3) is 0 Å². The van der Waals surface area contributed by atoms with Crippen LogP contribution in [-0.2, 0) is 4.79 Å². The first-order valence-corrected chi connectivity index (χ1v) is 6.38. The van der Waals surface area contributed by atoms with Gasteiger partial charge in [0.15, 0.2) is 0 Å². The van der Waals surface area contributed by atoms with Crippen LogP contribution in [-0.4, -0.2) is 25.0 Å². The molecule has 1 aliphatic rings. The second-order valence-corrected chi connectivity index (χ2v) is 5.95. The van der Waals surface area contributed by atoms with Gasteiger partial charge in [0.2, 0.25) is 5.91 Å². The molecule has 1 amide bonds. The number of amides is 1. The highest BCUT2D eigenvalue weighted by molar-refractivity contribution is 5.72. The van der Waals surface area contributed by atoms with Gasteiger partial charge in [-0.3, -0.25) is 4.79 Å². The van der Waals surface area contributed by atoms with Gasteiger partial charge in [0.25, 0.3) is 0 Å². The maximum absolute atomic E-state index is 10.7. The van der Waals surface area contributed by atoms with Gasteiger partial charge in [0.05, 0.1) is 0 Å². The Kier molecular flexibility index (Phi) is 4.78. The lowest BCUT2D eigenvalue weighted by molar-refractivity contribution is -0.118. The van der Waals surface area contributed by atoms with Crippen molar-refractivity contribution in [3.63, 3.8) is 0 Å². The molecule has 0 aromatic carbocycles. The number of rotatable bonds is 5. The fourth-order valence-corrected chi connectivity index (χ4v) is 2.81. The van der Waals surface area contributed by atoms with E-state index >= 15 is 0 Å². The van der Waals surface area contributed by atoms with Crippen molar-refractivity contribution < 1.29 is 4.79 Å². The summed E-state index contributed by atoms with van der Waals surface area (Å²) in [6.07, 6.45) is 3.61. The van der Waals surface area contributed by atoms with Gasteiger partial charge < -0.3 is 10.6 Å². The molecule has 0 aliphatic heterocycles. The third-order valence-electron chi connectivity index (χ3n) is 3.47. The van der Waals surface area contributed by atoms with E-state index in [0.29, 0.717) is 11.5 Å². The first-order valence-electron chi connectivity index (χ1n) is 6.38. The Balaban J connectivity index is 2.12. The largest absolute Gasteiger partial charge is 0.356 e. The van der Waals surface area contributed by atoms with Crippen molar-refractivity contribution in [1.29, 1.82) is 0 Å². The van der Waals surface area contributed by atoms with Crippen molar-refractivity contribution in [1.82, 2.24) is 10.6 Å². The maximum Gasteiger partial charge on any atom is 0.216 e. The topological polar surface area (TPSA) is 41.1 Å². The van der Waals surface area contributed by atoms with Crippen molar-refractivity contribution in [3.05, 3.63) is 0 Å². The van der Waals surface area contributed by atoms with Crippen LogP contribution in [0.3, 0.4) is 0 Å². The Labute approximate surface area is 99.4 Å². The van der Waals surface area contributed by atoms with Crippen LogP contribution in [0.15, 0.2) is 0 Å². The lowest BCUT2D eigenvalue weighted by Gasteiger charge is -2.18. The molecule has 1 fully saturated rings. The minimum absolute atomic E-state index is 0.0652. The van der Waals surface area contributed by atoms with E-state index in [1.165, 1.54) is 12.8 Å². The fraction of sp³-hybridized carbons (Fsp3) is 0.923. The summed E-state index contributed by atoms with van der Waals surface area (Å²) < 4.78 is 0. The van der Waals surface area contributed by atoms with E-state index in [9.17, 15) is 4.79 Å². The van der Waals surface area contributed by atoms with Crippen LogP contribution in [0.1, 0.15) is 47.0 Å². The number of hydrogen-bond acceptors (Lipinski definition) is 2. The molecule has 0 bridgehead atoms. The molecule has 0 spiro atoms. The Morgan fingerprint density at radius 1 is 1.31 bits per heavy atom. The van der Waals surface area contributed by atoms with Crippen LogP contribution >= 0.6 is 0 Å². The molecular formula is C13H26N2O. The van der Waals surface area contributed by atoms with Gasteiger partial charge in [-0.2, -0.15) is 0 Å². The van der Waals surface area contributed by atoms with Crippen LogP contribution in [0.2, 0.25) is 0 Å². The predicted molar refractivity (Wildman–Crippen MR) is 67.3 cm³/mol. The van der Waals surface area contributed by atoms with Gasteiger partial charge in [0.1, 0.15) is 0 Å². The van der Waals surface area contributed by atoms with Crippen molar-refractivity contribution in [3.8, 4) is 0 Å². The number of carbonyl (C=O) groups excluding carboxylic acids is 1. The maximum atomic E-state index is 10.7. The van der Waals surface area contributed by atoms with E-state index in [-0.39, 0.29) is 5.91 Å². The smallest absolute Gasteiger partial charge is 0.216 e. The second-order valence-electron chi connectivity index (χ2n) is 5.95. The molecule has 2 N–H and O–H groups in total. The summed E-state index contributed by atoms with van der Waals surface area (Å²) in [5.74, 6) is 0.839. The van der Waals surface area contributed by atoms with E-state index in [4.69, 9.17) is 0 Å². The van der Waals surface area contributed by atoms with Crippen LogP contribution in [0.4, 0.5) is 0 Å². The van der Waals surface area contributed by atoms with Gasteiger partial charge in [-0.05, 0) is 37.1 Å². The average Bonchev–Trinajstić information content (AvgIpc) is 2.38. The first-order chi connectivity index (χ1) is 7.41. The summed E-state index contributed by atoms with van der Waals surface area (Å²) in [6, 6.07) is 0.660. The summed E-state index contributed by atoms with van der Waals surface area (Å²) in [5.41, 5.74) is 0.495. The van der Waals surface area contributed by atoms with Crippen molar-refractivity contribution in [2.24, 2.45) is 11.3 Å². The van der Waals surface area contributed by atoms with E-state index in [1.54, 1.807) is 6.92 Å². The predicted octanol–water partition coefficient (Wildman–Crippen LogP) is 1.93. The van der Waals surface area contributed by atoms with E-state index in [1.807, 2.05) is 0 Å². The Bertz CT molecular complexity index is 238. The van der Waals surface area contributed by atoms with Crippen molar-refractivity contribution in [2.75, 3.05) is 13.1 Å². The fourth-order valence-electron chi connectivity index (χ4n) is 2.81. The highest BCUT2D eigenvalue weighted by Gasteiger charge is 2.35. The summed E-state index contributed by atoms with van der Waals surface area (Å²) in [6.45, 7) is 10.4. The Morgan fingerprint density at radius 2 is 2.00 bits per heavy atom. The highest BCUT2D eigenvalue weighted by atomic mass is 16.1. The van der Waals surface area contributed by atoms with Gasteiger partial charge in [0, 0.05) is 19.5 Å². The van der Waals surface area contributed by atoms with Gasteiger partial charge >= 0.3 is 0 Å². The SMILES string of the molecule is CC(=O)NCCCN[C@H]1CC(C)(C)C[C@H]1C. The van der Waals surface area contributed by atoms with E-state index in [0.717, 1.165) is 25.4 Å². The van der Waals surface area contributed by atoms with Crippen LogP contribution < -0.4 is 10.6 Å². The Hall–Kier alpha value is -0.570. The van der Waals surface area contributed by atoms with Crippen molar-refractivity contribution >= 4 is 5.91 Å². The molecule has 1 saturated carbocycles. The first kappa shape index (κ1) is 13.5. The molecule has 2 atom stereocenters. The third-order valence-corrected chi connectivity index (χ3v) is 3.47. The molecule has 1 aliphatic carbocycles.